The lowest BCUT2D eigenvalue weighted by Crippen LogP contribution is -2.34. The predicted molar refractivity (Wildman–Crippen MR) is 121 cm³/mol. The molecule has 0 saturated heterocycles. The monoisotopic (exact) mass is 404 g/mol. The van der Waals surface area contributed by atoms with Crippen LogP contribution in [0.5, 0.6) is 0 Å². The molecule has 0 radical (unpaired) electrons. The van der Waals surface area contributed by atoms with Crippen molar-refractivity contribution in [2.75, 3.05) is 10.6 Å². The van der Waals surface area contributed by atoms with Gasteiger partial charge in [0.1, 0.15) is 11.7 Å². The molecule has 156 valence electrons. The number of hydrogen-bond donors (Lipinski definition) is 2. The van der Waals surface area contributed by atoms with E-state index in [1.165, 1.54) is 24.0 Å². The van der Waals surface area contributed by atoms with Crippen LogP contribution in [0.25, 0.3) is 5.69 Å². The number of para-hydroxylation sites is 1. The lowest BCUT2D eigenvalue weighted by atomic mass is 9.90. The highest BCUT2D eigenvalue weighted by atomic mass is 16.2. The fraction of sp³-hybridized carbons (Fsp3) is 0.333. The standard InChI is InChI=1S/C24H28N4O2/c1-16(25-21-15-9-11-18-10-7-8-14-20(18)21)23(29)26-22-17(2)27(3)28(24(22)30)19-12-5-4-6-13-19/h4-6,9,11-13,15-16,25H,7-8,10,14H2,1-3H3,(H,26,29)/t16-/m0/s1. The molecule has 1 aliphatic carbocycles. The van der Waals surface area contributed by atoms with Gasteiger partial charge in [-0.15, -0.1) is 0 Å². The third-order valence-corrected chi connectivity index (χ3v) is 5.96. The molecule has 0 saturated carbocycles. The first-order valence-corrected chi connectivity index (χ1v) is 10.5. The molecule has 0 spiro atoms. The molecular formula is C24H28N4O2. The minimum absolute atomic E-state index is 0.227. The van der Waals surface area contributed by atoms with Gasteiger partial charge >= 0.3 is 0 Å². The lowest BCUT2D eigenvalue weighted by Gasteiger charge is -2.22. The Morgan fingerprint density at radius 1 is 1.03 bits per heavy atom. The summed E-state index contributed by atoms with van der Waals surface area (Å²) < 4.78 is 3.33. The van der Waals surface area contributed by atoms with Crippen LogP contribution in [0, 0.1) is 6.92 Å². The van der Waals surface area contributed by atoms with Gasteiger partial charge in [0, 0.05) is 12.7 Å². The first kappa shape index (κ1) is 20.0. The van der Waals surface area contributed by atoms with Gasteiger partial charge in [-0.1, -0.05) is 30.3 Å². The van der Waals surface area contributed by atoms with Crippen molar-refractivity contribution in [3.8, 4) is 5.69 Å². The smallest absolute Gasteiger partial charge is 0.295 e. The molecule has 1 aliphatic rings. The summed E-state index contributed by atoms with van der Waals surface area (Å²) in [6.45, 7) is 3.66. The van der Waals surface area contributed by atoms with E-state index < -0.39 is 6.04 Å². The predicted octanol–water partition coefficient (Wildman–Crippen LogP) is 3.80. The molecule has 6 nitrogen and oxygen atoms in total. The highest BCUT2D eigenvalue weighted by Gasteiger charge is 2.22. The van der Waals surface area contributed by atoms with Crippen LogP contribution >= 0.6 is 0 Å². The van der Waals surface area contributed by atoms with Crippen molar-refractivity contribution < 1.29 is 4.79 Å². The molecule has 0 unspecified atom stereocenters. The minimum atomic E-state index is -0.470. The van der Waals surface area contributed by atoms with Gasteiger partial charge < -0.3 is 10.6 Å². The van der Waals surface area contributed by atoms with Crippen LogP contribution in [-0.4, -0.2) is 21.3 Å². The average molecular weight is 405 g/mol. The Hall–Kier alpha value is -3.28. The summed E-state index contributed by atoms with van der Waals surface area (Å²) in [6.07, 6.45) is 4.52. The van der Waals surface area contributed by atoms with Crippen molar-refractivity contribution in [1.29, 1.82) is 0 Å². The van der Waals surface area contributed by atoms with Gasteiger partial charge in [0.2, 0.25) is 5.91 Å². The molecular weight excluding hydrogens is 376 g/mol. The fourth-order valence-corrected chi connectivity index (χ4v) is 4.16. The number of hydrogen-bond acceptors (Lipinski definition) is 3. The highest BCUT2D eigenvalue weighted by molar-refractivity contribution is 5.96. The lowest BCUT2D eigenvalue weighted by molar-refractivity contribution is -0.116. The van der Waals surface area contributed by atoms with E-state index in [2.05, 4.69) is 16.7 Å². The van der Waals surface area contributed by atoms with Crippen LogP contribution in [0.1, 0.15) is 36.6 Å². The number of benzene rings is 2. The molecule has 30 heavy (non-hydrogen) atoms. The first-order valence-electron chi connectivity index (χ1n) is 10.5. The number of fused-ring (bicyclic) bond motifs is 1. The van der Waals surface area contributed by atoms with Crippen LogP contribution in [0.4, 0.5) is 11.4 Å². The molecule has 1 amide bonds. The molecule has 2 aromatic carbocycles. The summed E-state index contributed by atoms with van der Waals surface area (Å²) in [6, 6.07) is 15.2. The number of amides is 1. The maximum absolute atomic E-state index is 13.0. The van der Waals surface area contributed by atoms with Crippen molar-refractivity contribution in [3.05, 3.63) is 75.7 Å². The SMILES string of the molecule is Cc1c(NC(=O)[C@H](C)Nc2cccc3c2CCCC3)c(=O)n(-c2ccccc2)n1C. The summed E-state index contributed by atoms with van der Waals surface area (Å²) in [7, 11) is 1.82. The van der Waals surface area contributed by atoms with Crippen LogP contribution < -0.4 is 16.2 Å². The van der Waals surface area contributed by atoms with Crippen molar-refractivity contribution in [2.24, 2.45) is 7.05 Å². The normalized spacial score (nSPS) is 14.1. The zero-order chi connectivity index (χ0) is 21.3. The van der Waals surface area contributed by atoms with Gasteiger partial charge in [-0.2, -0.15) is 0 Å². The van der Waals surface area contributed by atoms with Gasteiger partial charge in [0.15, 0.2) is 0 Å². The summed E-state index contributed by atoms with van der Waals surface area (Å²) in [5.74, 6) is -0.227. The minimum Gasteiger partial charge on any atom is -0.374 e. The maximum atomic E-state index is 13.0. The van der Waals surface area contributed by atoms with E-state index in [4.69, 9.17) is 0 Å². The number of nitrogens with zero attached hydrogens (tertiary/aromatic N) is 2. The fourth-order valence-electron chi connectivity index (χ4n) is 4.16. The third-order valence-electron chi connectivity index (χ3n) is 5.96. The Balaban J connectivity index is 1.56. The summed E-state index contributed by atoms with van der Waals surface area (Å²) in [4.78, 5) is 25.9. The van der Waals surface area contributed by atoms with E-state index in [0.29, 0.717) is 11.4 Å². The zero-order valence-corrected chi connectivity index (χ0v) is 17.7. The van der Waals surface area contributed by atoms with Gasteiger partial charge in [-0.05, 0) is 68.9 Å². The first-order chi connectivity index (χ1) is 14.5. The largest absolute Gasteiger partial charge is 0.374 e. The van der Waals surface area contributed by atoms with Gasteiger partial charge in [0.25, 0.3) is 5.56 Å². The maximum Gasteiger partial charge on any atom is 0.295 e. The quantitative estimate of drug-likeness (QED) is 0.680. The molecule has 1 aromatic heterocycles. The number of anilines is 2. The van der Waals surface area contributed by atoms with Crippen molar-refractivity contribution in [2.45, 2.75) is 45.6 Å². The third kappa shape index (κ3) is 3.65. The van der Waals surface area contributed by atoms with Gasteiger partial charge in [-0.25, -0.2) is 4.68 Å². The van der Waals surface area contributed by atoms with Gasteiger partial charge in [0.05, 0.1) is 11.4 Å². The number of aryl methyl sites for hydroxylation is 1. The molecule has 0 bridgehead atoms. The molecule has 2 N–H and O–H groups in total. The summed E-state index contributed by atoms with van der Waals surface area (Å²) >= 11 is 0. The van der Waals surface area contributed by atoms with E-state index in [0.717, 1.165) is 24.2 Å². The van der Waals surface area contributed by atoms with Crippen LogP contribution in [0.15, 0.2) is 53.3 Å². The number of aromatic nitrogens is 2. The number of carbonyl (C=O) groups is 1. The Bertz CT molecular complexity index is 1130. The molecule has 0 aliphatic heterocycles. The number of carbonyl (C=O) groups excluding carboxylic acids is 1. The second-order valence-electron chi connectivity index (χ2n) is 7.94. The Morgan fingerprint density at radius 2 is 1.77 bits per heavy atom. The summed E-state index contributed by atoms with van der Waals surface area (Å²) in [5.41, 5.74) is 5.24. The van der Waals surface area contributed by atoms with Crippen LogP contribution in [0.3, 0.4) is 0 Å². The number of nitrogens with one attached hydrogen (secondary N) is 2. The highest BCUT2D eigenvalue weighted by Crippen LogP contribution is 2.28. The van der Waals surface area contributed by atoms with Crippen molar-refractivity contribution >= 4 is 17.3 Å². The Labute approximate surface area is 176 Å². The van der Waals surface area contributed by atoms with Crippen LogP contribution in [-0.2, 0) is 24.7 Å². The Morgan fingerprint density at radius 3 is 2.53 bits per heavy atom. The van der Waals surface area contributed by atoms with E-state index in [9.17, 15) is 9.59 Å². The topological polar surface area (TPSA) is 68.1 Å². The van der Waals surface area contributed by atoms with Crippen molar-refractivity contribution in [1.82, 2.24) is 9.36 Å². The van der Waals surface area contributed by atoms with Crippen LogP contribution in [0.2, 0.25) is 0 Å². The van der Waals surface area contributed by atoms with Gasteiger partial charge in [-0.3, -0.25) is 14.3 Å². The average Bonchev–Trinajstić information content (AvgIpc) is 2.97. The molecule has 1 atom stereocenters. The molecule has 0 fully saturated rings. The summed E-state index contributed by atoms with van der Waals surface area (Å²) in [5, 5.41) is 6.21. The zero-order valence-electron chi connectivity index (χ0n) is 17.7. The van der Waals surface area contributed by atoms with E-state index >= 15 is 0 Å². The number of rotatable bonds is 5. The molecule has 3 aromatic rings. The second kappa shape index (κ2) is 8.22. The molecule has 1 heterocycles. The molecule has 4 rings (SSSR count). The second-order valence-corrected chi connectivity index (χ2v) is 7.94. The van der Waals surface area contributed by atoms with E-state index in [1.807, 2.05) is 63.4 Å². The van der Waals surface area contributed by atoms with E-state index in [-0.39, 0.29) is 11.5 Å². The van der Waals surface area contributed by atoms with E-state index in [1.54, 1.807) is 9.36 Å². The Kier molecular flexibility index (Phi) is 5.48. The molecule has 6 heteroatoms. The van der Waals surface area contributed by atoms with Crippen molar-refractivity contribution in [3.63, 3.8) is 0 Å².